The third-order valence-corrected chi connectivity index (χ3v) is 5.92. The van der Waals surface area contributed by atoms with Crippen LogP contribution in [0.15, 0.2) is 6.07 Å². The number of rotatable bonds is 1. The third kappa shape index (κ3) is 3.67. The summed E-state index contributed by atoms with van der Waals surface area (Å²) in [6.45, 7) is 7.41. The molecule has 0 aliphatic carbocycles. The summed E-state index contributed by atoms with van der Waals surface area (Å²) in [5.41, 5.74) is 0.273. The summed E-state index contributed by atoms with van der Waals surface area (Å²) in [6, 6.07) is 1.93. The van der Waals surface area contributed by atoms with Gasteiger partial charge in [0, 0.05) is 18.0 Å². The van der Waals surface area contributed by atoms with E-state index in [1.165, 1.54) is 24.0 Å². The van der Waals surface area contributed by atoms with Crippen LogP contribution in [-0.4, -0.2) is 49.4 Å². The van der Waals surface area contributed by atoms with Gasteiger partial charge in [-0.25, -0.2) is 9.59 Å². The Labute approximate surface area is 152 Å². The minimum Gasteiger partial charge on any atom is -0.465 e. The van der Waals surface area contributed by atoms with Crippen molar-refractivity contribution in [3.05, 3.63) is 21.4 Å². The van der Waals surface area contributed by atoms with Gasteiger partial charge in [-0.15, -0.1) is 11.3 Å². The Morgan fingerprint density at radius 1 is 1.28 bits per heavy atom. The zero-order chi connectivity index (χ0) is 18.2. The first-order valence-corrected chi connectivity index (χ1v) is 9.39. The number of thiophene rings is 1. The Hall–Kier alpha value is -1.60. The molecular formula is C18H25NO5S. The van der Waals surface area contributed by atoms with Gasteiger partial charge >= 0.3 is 12.1 Å². The molecule has 0 atom stereocenters. The third-order valence-electron chi connectivity index (χ3n) is 4.58. The molecule has 0 bridgehead atoms. The lowest BCUT2D eigenvalue weighted by atomic mass is 9.85. The summed E-state index contributed by atoms with van der Waals surface area (Å²) >= 11 is 1.46. The van der Waals surface area contributed by atoms with E-state index in [0.717, 1.165) is 11.3 Å². The van der Waals surface area contributed by atoms with E-state index >= 15 is 0 Å². The molecule has 138 valence electrons. The predicted octanol–water partition coefficient (Wildman–Crippen LogP) is 3.33. The van der Waals surface area contributed by atoms with Crippen molar-refractivity contribution in [1.82, 2.24) is 4.90 Å². The van der Waals surface area contributed by atoms with Crippen molar-refractivity contribution in [3.8, 4) is 0 Å². The van der Waals surface area contributed by atoms with Crippen LogP contribution < -0.4 is 0 Å². The van der Waals surface area contributed by atoms with Gasteiger partial charge in [0.25, 0.3) is 0 Å². The Balaban J connectivity index is 1.75. The molecule has 25 heavy (non-hydrogen) atoms. The summed E-state index contributed by atoms with van der Waals surface area (Å²) in [5, 5.41) is 0. The monoisotopic (exact) mass is 367 g/mol. The molecule has 1 spiro atoms. The first-order chi connectivity index (χ1) is 11.7. The SMILES string of the molecule is COC(=O)c1cc2c(s1)C1(CCN(C(=O)OC(C)(C)C)CC1)OCC2. The minimum absolute atomic E-state index is 0.278. The number of piperidine rings is 1. The zero-order valence-electron chi connectivity index (χ0n) is 15.2. The molecule has 1 amide bonds. The predicted molar refractivity (Wildman–Crippen MR) is 94.0 cm³/mol. The Bertz CT molecular complexity index is 667. The van der Waals surface area contributed by atoms with Crippen LogP contribution >= 0.6 is 11.3 Å². The molecular weight excluding hydrogens is 342 g/mol. The average molecular weight is 367 g/mol. The van der Waals surface area contributed by atoms with E-state index in [2.05, 4.69) is 0 Å². The number of amides is 1. The van der Waals surface area contributed by atoms with Gasteiger partial charge in [-0.1, -0.05) is 0 Å². The molecule has 3 rings (SSSR count). The Morgan fingerprint density at radius 2 is 1.96 bits per heavy atom. The fraction of sp³-hybridized carbons (Fsp3) is 0.667. The number of carbonyl (C=O) groups is 2. The molecule has 3 heterocycles. The molecule has 2 aliphatic heterocycles. The molecule has 1 saturated heterocycles. The van der Waals surface area contributed by atoms with Crippen LogP contribution in [0, 0.1) is 0 Å². The van der Waals surface area contributed by atoms with E-state index in [9.17, 15) is 9.59 Å². The lowest BCUT2D eigenvalue weighted by Crippen LogP contribution is -2.49. The highest BCUT2D eigenvalue weighted by Gasteiger charge is 2.44. The summed E-state index contributed by atoms with van der Waals surface area (Å²) < 4.78 is 16.5. The second-order valence-corrected chi connectivity index (χ2v) is 8.57. The quantitative estimate of drug-likeness (QED) is 0.713. The maximum Gasteiger partial charge on any atom is 0.410 e. The molecule has 1 fully saturated rings. The summed E-state index contributed by atoms with van der Waals surface area (Å²) in [5.74, 6) is -0.305. The summed E-state index contributed by atoms with van der Waals surface area (Å²) in [6.07, 6.45) is 1.95. The van der Waals surface area contributed by atoms with Crippen LogP contribution in [0.25, 0.3) is 0 Å². The molecule has 2 aliphatic rings. The molecule has 6 nitrogen and oxygen atoms in total. The van der Waals surface area contributed by atoms with Gasteiger partial charge in [-0.3, -0.25) is 0 Å². The first-order valence-electron chi connectivity index (χ1n) is 8.57. The molecule has 0 saturated carbocycles. The minimum atomic E-state index is -0.496. The average Bonchev–Trinajstić information content (AvgIpc) is 2.99. The van der Waals surface area contributed by atoms with Crippen LogP contribution in [0.5, 0.6) is 0 Å². The van der Waals surface area contributed by atoms with Crippen molar-refractivity contribution in [2.75, 3.05) is 26.8 Å². The van der Waals surface area contributed by atoms with Gasteiger partial charge in [-0.2, -0.15) is 0 Å². The summed E-state index contributed by atoms with van der Waals surface area (Å²) in [4.78, 5) is 27.6. The van der Waals surface area contributed by atoms with Gasteiger partial charge in [0.1, 0.15) is 16.1 Å². The highest BCUT2D eigenvalue weighted by molar-refractivity contribution is 7.14. The number of nitrogens with zero attached hydrogens (tertiary/aromatic N) is 1. The van der Waals surface area contributed by atoms with E-state index in [1.807, 2.05) is 26.8 Å². The number of likely N-dealkylation sites (tertiary alicyclic amines) is 1. The first kappa shape index (κ1) is 18.2. The second-order valence-electron chi connectivity index (χ2n) is 7.52. The maximum absolute atomic E-state index is 12.3. The normalized spacial score (nSPS) is 19.4. The van der Waals surface area contributed by atoms with Crippen LogP contribution in [0.1, 0.15) is 53.7 Å². The van der Waals surface area contributed by atoms with Gasteiger partial charge < -0.3 is 19.1 Å². The number of hydrogen-bond donors (Lipinski definition) is 0. The topological polar surface area (TPSA) is 65.1 Å². The fourth-order valence-electron chi connectivity index (χ4n) is 3.37. The van der Waals surface area contributed by atoms with Crippen molar-refractivity contribution in [2.24, 2.45) is 0 Å². The highest BCUT2D eigenvalue weighted by atomic mass is 32.1. The van der Waals surface area contributed by atoms with Crippen LogP contribution in [0.4, 0.5) is 4.79 Å². The number of hydrogen-bond acceptors (Lipinski definition) is 6. The van der Waals surface area contributed by atoms with Crippen molar-refractivity contribution < 1.29 is 23.8 Å². The van der Waals surface area contributed by atoms with Crippen molar-refractivity contribution >= 4 is 23.4 Å². The van der Waals surface area contributed by atoms with Gasteiger partial charge in [0.05, 0.1) is 13.7 Å². The molecule has 0 N–H and O–H groups in total. The number of carbonyl (C=O) groups excluding carboxylic acids is 2. The molecule has 0 unspecified atom stereocenters. The van der Waals surface area contributed by atoms with Gasteiger partial charge in [0.2, 0.25) is 0 Å². The largest absolute Gasteiger partial charge is 0.465 e. The lowest BCUT2D eigenvalue weighted by molar-refractivity contribution is -0.0950. The molecule has 0 aromatic carbocycles. The van der Waals surface area contributed by atoms with Crippen LogP contribution in [0.3, 0.4) is 0 Å². The number of methoxy groups -OCH3 is 1. The van der Waals surface area contributed by atoms with Crippen molar-refractivity contribution in [2.45, 2.75) is 51.2 Å². The maximum atomic E-state index is 12.3. The van der Waals surface area contributed by atoms with Crippen molar-refractivity contribution in [1.29, 1.82) is 0 Å². The van der Waals surface area contributed by atoms with E-state index in [4.69, 9.17) is 14.2 Å². The molecule has 1 aromatic rings. The van der Waals surface area contributed by atoms with Crippen molar-refractivity contribution in [3.63, 3.8) is 0 Å². The number of esters is 1. The summed E-state index contributed by atoms with van der Waals surface area (Å²) in [7, 11) is 1.40. The van der Waals surface area contributed by atoms with Gasteiger partial charge in [0.15, 0.2) is 0 Å². The van der Waals surface area contributed by atoms with E-state index in [0.29, 0.717) is 37.4 Å². The second kappa shape index (κ2) is 6.61. The fourth-order valence-corrected chi connectivity index (χ4v) is 4.70. The molecule has 1 aromatic heterocycles. The smallest absolute Gasteiger partial charge is 0.410 e. The molecule has 0 radical (unpaired) electrons. The van der Waals surface area contributed by atoms with E-state index < -0.39 is 11.2 Å². The van der Waals surface area contributed by atoms with Crippen LogP contribution in [-0.2, 0) is 26.2 Å². The standard InChI is InChI=1S/C18H25NO5S/c1-17(2,3)24-16(21)19-8-6-18(7-9-19)14-12(5-10-23-18)11-13(25-14)15(20)22-4/h11H,5-10H2,1-4H3. The number of ether oxygens (including phenoxy) is 3. The van der Waals surface area contributed by atoms with E-state index in [1.54, 1.807) is 4.90 Å². The lowest BCUT2D eigenvalue weighted by Gasteiger charge is -2.43. The highest BCUT2D eigenvalue weighted by Crippen LogP contribution is 2.45. The van der Waals surface area contributed by atoms with Crippen LogP contribution in [0.2, 0.25) is 0 Å². The van der Waals surface area contributed by atoms with Gasteiger partial charge in [-0.05, 0) is 51.7 Å². The molecule has 7 heteroatoms. The zero-order valence-corrected chi connectivity index (χ0v) is 16.0. The Morgan fingerprint density at radius 3 is 2.56 bits per heavy atom. The number of fused-ring (bicyclic) bond motifs is 2. The van der Waals surface area contributed by atoms with E-state index in [-0.39, 0.29) is 12.1 Å². The Kier molecular flexibility index (Phi) is 4.81.